The Hall–Kier alpha value is -1.92. The van der Waals surface area contributed by atoms with E-state index in [4.69, 9.17) is 18.0 Å². The highest BCUT2D eigenvalue weighted by Crippen LogP contribution is 2.26. The fourth-order valence-corrected chi connectivity index (χ4v) is 2.34. The Bertz CT molecular complexity index is 719. The second kappa shape index (κ2) is 6.24. The van der Waals surface area contributed by atoms with Crippen LogP contribution in [0.15, 0.2) is 46.9 Å². The minimum Gasteiger partial charge on any atom is -0.507 e. The monoisotopic (exact) mass is 364 g/mol. The Morgan fingerprint density at radius 2 is 1.95 bits per heavy atom. The lowest BCUT2D eigenvalue weighted by Gasteiger charge is -2.20. The van der Waals surface area contributed by atoms with Crippen LogP contribution in [0.4, 0.5) is 5.69 Å². The van der Waals surface area contributed by atoms with Crippen LogP contribution in [-0.4, -0.2) is 23.0 Å². The molecular formula is C15H13BrN2O2S. The molecular weight excluding hydrogens is 352 g/mol. The van der Waals surface area contributed by atoms with Crippen molar-refractivity contribution >= 4 is 44.7 Å². The van der Waals surface area contributed by atoms with Gasteiger partial charge in [-0.05, 0) is 46.3 Å². The normalized spacial score (nSPS) is 10.2. The number of carbonyl (C=O) groups is 1. The van der Waals surface area contributed by atoms with Crippen molar-refractivity contribution in [1.29, 1.82) is 0 Å². The van der Waals surface area contributed by atoms with Crippen molar-refractivity contribution in [2.24, 2.45) is 5.73 Å². The van der Waals surface area contributed by atoms with Crippen molar-refractivity contribution in [2.75, 3.05) is 11.9 Å². The standard InChI is InChI=1S/C15H13BrN2O2S/c1-18(12-5-3-2-4-10(12)14(17)21)15(20)9-6-7-11(16)13(19)8-9/h2-8,19H,1H3,(H2,17,21). The summed E-state index contributed by atoms with van der Waals surface area (Å²) in [5.74, 6) is -0.251. The maximum atomic E-state index is 12.5. The van der Waals surface area contributed by atoms with Crippen LogP contribution in [-0.2, 0) is 0 Å². The van der Waals surface area contributed by atoms with Gasteiger partial charge in [0.15, 0.2) is 0 Å². The molecule has 0 aliphatic carbocycles. The molecule has 21 heavy (non-hydrogen) atoms. The SMILES string of the molecule is CN(C(=O)c1ccc(Br)c(O)c1)c1ccccc1C(N)=S. The molecule has 2 aromatic carbocycles. The van der Waals surface area contributed by atoms with Crippen LogP contribution in [0.5, 0.6) is 5.75 Å². The Labute approximate surface area is 136 Å². The molecule has 108 valence electrons. The van der Waals surface area contributed by atoms with E-state index in [-0.39, 0.29) is 16.6 Å². The van der Waals surface area contributed by atoms with Gasteiger partial charge in [0, 0.05) is 18.2 Å². The van der Waals surface area contributed by atoms with Crippen LogP contribution in [0.3, 0.4) is 0 Å². The topological polar surface area (TPSA) is 66.6 Å². The third kappa shape index (κ3) is 3.22. The van der Waals surface area contributed by atoms with Crippen LogP contribution in [0.25, 0.3) is 0 Å². The van der Waals surface area contributed by atoms with Gasteiger partial charge in [-0.2, -0.15) is 0 Å². The zero-order chi connectivity index (χ0) is 15.6. The highest BCUT2D eigenvalue weighted by molar-refractivity contribution is 9.10. The number of phenolic OH excluding ortho intramolecular Hbond substituents is 1. The summed E-state index contributed by atoms with van der Waals surface area (Å²) < 4.78 is 0.533. The van der Waals surface area contributed by atoms with E-state index in [9.17, 15) is 9.90 Å². The number of nitrogens with zero attached hydrogens (tertiary/aromatic N) is 1. The first-order valence-electron chi connectivity index (χ1n) is 6.07. The first kappa shape index (κ1) is 15.5. The first-order valence-corrected chi connectivity index (χ1v) is 7.27. The van der Waals surface area contributed by atoms with Crippen LogP contribution < -0.4 is 10.6 Å². The van der Waals surface area contributed by atoms with E-state index >= 15 is 0 Å². The van der Waals surface area contributed by atoms with Crippen LogP contribution in [0.1, 0.15) is 15.9 Å². The zero-order valence-corrected chi connectivity index (χ0v) is 13.6. The van der Waals surface area contributed by atoms with Crippen molar-refractivity contribution in [3.05, 3.63) is 58.1 Å². The molecule has 0 aliphatic rings. The lowest BCUT2D eigenvalue weighted by atomic mass is 10.1. The van der Waals surface area contributed by atoms with E-state index in [1.54, 1.807) is 37.4 Å². The molecule has 0 bridgehead atoms. The Morgan fingerprint density at radius 1 is 1.29 bits per heavy atom. The number of rotatable bonds is 3. The van der Waals surface area contributed by atoms with Gasteiger partial charge in [0.25, 0.3) is 5.91 Å². The van der Waals surface area contributed by atoms with E-state index in [0.29, 0.717) is 21.3 Å². The molecule has 0 saturated heterocycles. The maximum Gasteiger partial charge on any atom is 0.258 e. The van der Waals surface area contributed by atoms with Gasteiger partial charge in [0.2, 0.25) is 0 Å². The molecule has 0 fully saturated rings. The number of halogens is 1. The molecule has 0 spiro atoms. The number of aromatic hydroxyl groups is 1. The molecule has 0 atom stereocenters. The summed E-state index contributed by atoms with van der Waals surface area (Å²) in [4.78, 5) is 14.2. The van der Waals surface area contributed by atoms with E-state index < -0.39 is 0 Å². The zero-order valence-electron chi connectivity index (χ0n) is 11.2. The lowest BCUT2D eigenvalue weighted by molar-refractivity contribution is 0.0992. The van der Waals surface area contributed by atoms with E-state index in [1.807, 2.05) is 6.07 Å². The minimum atomic E-state index is -0.262. The molecule has 0 aliphatic heterocycles. The van der Waals surface area contributed by atoms with Crippen molar-refractivity contribution < 1.29 is 9.90 Å². The van der Waals surface area contributed by atoms with Crippen molar-refractivity contribution in [2.45, 2.75) is 0 Å². The number of benzene rings is 2. The average Bonchev–Trinajstić information content (AvgIpc) is 2.48. The highest BCUT2D eigenvalue weighted by atomic mass is 79.9. The summed E-state index contributed by atoms with van der Waals surface area (Å²) >= 11 is 8.19. The second-order valence-electron chi connectivity index (χ2n) is 4.41. The maximum absolute atomic E-state index is 12.5. The van der Waals surface area contributed by atoms with Crippen LogP contribution in [0.2, 0.25) is 0 Å². The Balaban J connectivity index is 2.40. The molecule has 3 N–H and O–H groups in total. The average molecular weight is 365 g/mol. The molecule has 2 aromatic rings. The highest BCUT2D eigenvalue weighted by Gasteiger charge is 2.18. The van der Waals surface area contributed by atoms with Gasteiger partial charge >= 0.3 is 0 Å². The third-order valence-corrected chi connectivity index (χ3v) is 3.92. The number of para-hydroxylation sites is 1. The van der Waals surface area contributed by atoms with Gasteiger partial charge in [-0.25, -0.2) is 0 Å². The van der Waals surface area contributed by atoms with Crippen LogP contribution in [0, 0.1) is 0 Å². The number of thiocarbonyl (C=S) groups is 1. The summed E-state index contributed by atoms with van der Waals surface area (Å²) in [6.45, 7) is 0. The number of hydrogen-bond acceptors (Lipinski definition) is 3. The van der Waals surface area contributed by atoms with Crippen molar-refractivity contribution in [3.8, 4) is 5.75 Å². The summed E-state index contributed by atoms with van der Waals surface area (Å²) in [6, 6.07) is 11.8. The fourth-order valence-electron chi connectivity index (χ4n) is 1.92. The van der Waals surface area contributed by atoms with E-state index in [1.165, 1.54) is 11.0 Å². The van der Waals surface area contributed by atoms with Gasteiger partial charge in [0.1, 0.15) is 10.7 Å². The molecule has 0 radical (unpaired) electrons. The van der Waals surface area contributed by atoms with Crippen LogP contribution >= 0.6 is 28.1 Å². The number of carbonyl (C=O) groups excluding carboxylic acids is 1. The van der Waals surface area contributed by atoms with Crippen molar-refractivity contribution in [1.82, 2.24) is 0 Å². The third-order valence-electron chi connectivity index (χ3n) is 3.03. The number of phenols is 1. The molecule has 1 amide bonds. The molecule has 6 heteroatoms. The predicted molar refractivity (Wildman–Crippen MR) is 90.9 cm³/mol. The second-order valence-corrected chi connectivity index (χ2v) is 5.71. The van der Waals surface area contributed by atoms with Gasteiger partial charge in [-0.3, -0.25) is 4.79 Å². The smallest absolute Gasteiger partial charge is 0.258 e. The fraction of sp³-hybridized carbons (Fsp3) is 0.0667. The van der Waals surface area contributed by atoms with E-state index in [0.717, 1.165) is 0 Å². The predicted octanol–water partition coefficient (Wildman–Crippen LogP) is 3.07. The molecule has 0 heterocycles. The Kier molecular flexibility index (Phi) is 4.59. The quantitative estimate of drug-likeness (QED) is 0.821. The molecule has 0 unspecified atom stereocenters. The summed E-state index contributed by atoms with van der Waals surface area (Å²) in [5.41, 5.74) is 7.31. The number of nitrogens with two attached hydrogens (primary N) is 1. The van der Waals surface area contributed by atoms with Gasteiger partial charge < -0.3 is 15.7 Å². The molecule has 0 aromatic heterocycles. The van der Waals surface area contributed by atoms with Crippen molar-refractivity contribution in [3.63, 3.8) is 0 Å². The minimum absolute atomic E-state index is 0.0110. The number of anilines is 1. The van der Waals surface area contributed by atoms with Gasteiger partial charge in [-0.15, -0.1) is 0 Å². The van der Waals surface area contributed by atoms with E-state index in [2.05, 4.69) is 15.9 Å². The number of amides is 1. The number of hydrogen-bond donors (Lipinski definition) is 2. The molecule has 2 rings (SSSR count). The largest absolute Gasteiger partial charge is 0.507 e. The summed E-state index contributed by atoms with van der Waals surface area (Å²) in [5, 5.41) is 9.69. The van der Waals surface area contributed by atoms with Gasteiger partial charge in [-0.1, -0.05) is 24.4 Å². The summed E-state index contributed by atoms with van der Waals surface area (Å²) in [7, 11) is 1.64. The summed E-state index contributed by atoms with van der Waals surface area (Å²) in [6.07, 6.45) is 0. The van der Waals surface area contributed by atoms with Gasteiger partial charge in [0.05, 0.1) is 10.2 Å². The molecule has 0 saturated carbocycles. The first-order chi connectivity index (χ1) is 9.91. The Morgan fingerprint density at radius 3 is 2.57 bits per heavy atom. The molecule has 4 nitrogen and oxygen atoms in total. The lowest BCUT2D eigenvalue weighted by Crippen LogP contribution is -2.28.